The minimum Gasteiger partial charge on any atom is -0.493 e. The third-order valence-electron chi connectivity index (χ3n) is 9.04. The number of nitrogens with one attached hydrogen (secondary N) is 1. The van der Waals surface area contributed by atoms with E-state index in [1.807, 2.05) is 17.6 Å². The number of nitrogens with zero attached hydrogens (tertiary/aromatic N) is 4. The van der Waals surface area contributed by atoms with Crippen LogP contribution >= 0.6 is 0 Å². The monoisotopic (exact) mass is 475 g/mol. The second kappa shape index (κ2) is 6.86. The Morgan fingerprint density at radius 2 is 2.00 bits per heavy atom. The van der Waals surface area contributed by atoms with Crippen LogP contribution in [0.3, 0.4) is 0 Å². The highest BCUT2D eigenvalue weighted by Gasteiger charge is 2.62. The van der Waals surface area contributed by atoms with E-state index < -0.39 is 16.9 Å². The molecule has 0 saturated heterocycles. The number of fused-ring (bicyclic) bond motifs is 2. The number of imidazole rings is 1. The minimum absolute atomic E-state index is 0.139. The number of anilines is 2. The van der Waals surface area contributed by atoms with Crippen LogP contribution in [0.4, 0.5) is 11.6 Å². The molecule has 4 saturated carbocycles. The summed E-state index contributed by atoms with van der Waals surface area (Å²) < 4.78 is 9.10. The van der Waals surface area contributed by atoms with Crippen molar-refractivity contribution in [3.8, 4) is 5.75 Å². The third kappa shape index (κ3) is 2.87. The molecule has 4 fully saturated rings. The van der Waals surface area contributed by atoms with Crippen molar-refractivity contribution >= 4 is 28.8 Å². The van der Waals surface area contributed by atoms with Gasteiger partial charge in [-0.2, -0.15) is 4.98 Å². The van der Waals surface area contributed by atoms with Crippen molar-refractivity contribution in [2.75, 3.05) is 11.9 Å². The molecule has 1 aromatic carbocycles. The Kier molecular flexibility index (Phi) is 4.11. The summed E-state index contributed by atoms with van der Waals surface area (Å²) in [6.45, 7) is 2.71. The molecule has 2 N–H and O–H groups in total. The van der Waals surface area contributed by atoms with Gasteiger partial charge in [0.2, 0.25) is 5.95 Å². The highest BCUT2D eigenvalue weighted by atomic mass is 16.5. The van der Waals surface area contributed by atoms with Gasteiger partial charge in [0, 0.05) is 19.2 Å². The number of hydrogen-bond acceptors (Lipinski definition) is 6. The van der Waals surface area contributed by atoms with Crippen LogP contribution in [-0.2, 0) is 23.8 Å². The molecule has 8 rings (SSSR count). The third-order valence-corrected chi connectivity index (χ3v) is 9.04. The van der Waals surface area contributed by atoms with Crippen molar-refractivity contribution in [1.82, 2.24) is 19.1 Å². The predicted molar refractivity (Wildman–Crippen MR) is 129 cm³/mol. The van der Waals surface area contributed by atoms with Crippen LogP contribution in [0.15, 0.2) is 23.1 Å². The van der Waals surface area contributed by atoms with Crippen molar-refractivity contribution in [1.29, 1.82) is 0 Å². The molecule has 4 bridgehead atoms. The van der Waals surface area contributed by atoms with E-state index in [9.17, 15) is 14.7 Å². The number of aromatic nitrogens is 4. The molecule has 0 spiro atoms. The predicted octanol–water partition coefficient (Wildman–Crippen LogP) is 3.50. The minimum atomic E-state index is -0.733. The first-order chi connectivity index (χ1) is 16.8. The Bertz CT molecular complexity index is 1460. The zero-order chi connectivity index (χ0) is 24.1. The van der Waals surface area contributed by atoms with Gasteiger partial charge in [-0.05, 0) is 80.5 Å². The van der Waals surface area contributed by atoms with Crippen molar-refractivity contribution < 1.29 is 14.6 Å². The molecule has 2 unspecified atom stereocenters. The molecular formula is C26H29N5O4. The van der Waals surface area contributed by atoms with Crippen LogP contribution in [0.25, 0.3) is 11.2 Å². The van der Waals surface area contributed by atoms with Crippen LogP contribution in [0.1, 0.15) is 49.7 Å². The number of hydrogen-bond donors (Lipinski definition) is 2. The van der Waals surface area contributed by atoms with Gasteiger partial charge in [-0.15, -0.1) is 0 Å². The van der Waals surface area contributed by atoms with E-state index in [2.05, 4.69) is 16.4 Å². The van der Waals surface area contributed by atoms with Gasteiger partial charge < -0.3 is 15.2 Å². The van der Waals surface area contributed by atoms with Gasteiger partial charge in [0.25, 0.3) is 0 Å². The molecule has 3 heterocycles. The van der Waals surface area contributed by atoms with Crippen LogP contribution in [-0.4, -0.2) is 36.8 Å². The number of aryl methyl sites for hydroxylation is 2. The Morgan fingerprint density at radius 1 is 1.23 bits per heavy atom. The van der Waals surface area contributed by atoms with Crippen molar-refractivity contribution in [2.45, 2.75) is 57.4 Å². The number of benzene rings is 1. The molecule has 9 heteroatoms. The van der Waals surface area contributed by atoms with Gasteiger partial charge in [0.1, 0.15) is 11.3 Å². The smallest absolute Gasteiger partial charge is 0.330 e. The van der Waals surface area contributed by atoms with Gasteiger partial charge in [0.05, 0.1) is 23.8 Å². The highest BCUT2D eigenvalue weighted by molar-refractivity contribution is 5.77. The molecule has 2 atom stereocenters. The van der Waals surface area contributed by atoms with E-state index in [1.54, 1.807) is 17.8 Å². The summed E-state index contributed by atoms with van der Waals surface area (Å²) in [6, 6.07) is 4.11. The molecule has 4 aliphatic carbocycles. The maximum Gasteiger partial charge on any atom is 0.330 e. The van der Waals surface area contributed by atoms with Crippen molar-refractivity contribution in [2.24, 2.45) is 24.3 Å². The molecule has 0 radical (unpaired) electrons. The Hall–Kier alpha value is -3.36. The first-order valence-corrected chi connectivity index (χ1v) is 12.5. The number of carboxylic acid groups (broad SMARTS) is 1. The first-order valence-electron chi connectivity index (χ1n) is 12.5. The maximum absolute atomic E-state index is 13.6. The second-order valence-electron chi connectivity index (χ2n) is 11.3. The van der Waals surface area contributed by atoms with Gasteiger partial charge >= 0.3 is 11.7 Å². The quantitative estimate of drug-likeness (QED) is 0.594. The zero-order valence-corrected chi connectivity index (χ0v) is 20.0. The summed E-state index contributed by atoms with van der Waals surface area (Å²) in [7, 11) is 1.75. The largest absolute Gasteiger partial charge is 0.493 e. The van der Waals surface area contributed by atoms with Crippen LogP contribution < -0.4 is 15.7 Å². The molecule has 2 aromatic heterocycles. The zero-order valence-electron chi connectivity index (χ0n) is 20.0. The van der Waals surface area contributed by atoms with Gasteiger partial charge in [-0.3, -0.25) is 13.9 Å². The van der Waals surface area contributed by atoms with Crippen LogP contribution in [0.5, 0.6) is 5.75 Å². The van der Waals surface area contributed by atoms with E-state index in [0.29, 0.717) is 42.0 Å². The molecule has 182 valence electrons. The van der Waals surface area contributed by atoms with E-state index in [0.717, 1.165) is 61.1 Å². The Balaban J connectivity index is 1.35. The molecule has 3 aromatic rings. The summed E-state index contributed by atoms with van der Waals surface area (Å²) in [5.74, 6) is 1.32. The average molecular weight is 476 g/mol. The normalized spacial score (nSPS) is 30.5. The standard InChI is InChI=1S/C26H29N5O4/c1-14-5-20-17(3-4-35-20)7-18(14)28-23-27-12-19-21(29-23)31(24(34)30(19)2)26-10-15-6-16(11-26)9-25(8-15,13-26)22(32)33/h5,7,12,15-16H,3-4,6,8-11,13H2,1-2H3,(H,32,33)(H,27,28,29). The lowest BCUT2D eigenvalue weighted by Gasteiger charge is -2.60. The summed E-state index contributed by atoms with van der Waals surface area (Å²) in [4.78, 5) is 35.4. The van der Waals surface area contributed by atoms with E-state index in [4.69, 9.17) is 9.72 Å². The maximum atomic E-state index is 13.6. The summed E-state index contributed by atoms with van der Waals surface area (Å²) >= 11 is 0. The number of carbonyl (C=O) groups is 1. The van der Waals surface area contributed by atoms with Gasteiger partial charge in [-0.1, -0.05) is 0 Å². The molecule has 0 amide bonds. The lowest BCUT2D eigenvalue weighted by Crippen LogP contribution is -2.60. The number of rotatable bonds is 4. The number of aliphatic carboxylic acids is 1. The molecule has 9 nitrogen and oxygen atoms in total. The molecular weight excluding hydrogens is 446 g/mol. The molecule has 1 aliphatic heterocycles. The van der Waals surface area contributed by atoms with Crippen LogP contribution in [0, 0.1) is 24.2 Å². The summed E-state index contributed by atoms with van der Waals surface area (Å²) in [5.41, 5.74) is 2.97. The van der Waals surface area contributed by atoms with E-state index in [1.165, 1.54) is 0 Å². The second-order valence-corrected chi connectivity index (χ2v) is 11.3. The lowest BCUT2D eigenvalue weighted by atomic mass is 9.46. The fourth-order valence-corrected chi connectivity index (χ4v) is 7.91. The summed E-state index contributed by atoms with van der Waals surface area (Å²) in [6.07, 6.45) is 7.27. The molecule has 5 aliphatic rings. The van der Waals surface area contributed by atoms with Gasteiger partial charge in [0.15, 0.2) is 5.65 Å². The Labute approximate surface area is 202 Å². The fraction of sp³-hybridized carbons (Fsp3) is 0.538. The number of carboxylic acids is 1. The van der Waals surface area contributed by atoms with Crippen LogP contribution in [0.2, 0.25) is 0 Å². The Morgan fingerprint density at radius 3 is 2.74 bits per heavy atom. The van der Waals surface area contributed by atoms with Gasteiger partial charge in [-0.25, -0.2) is 9.78 Å². The SMILES string of the molecule is Cc1cc2c(cc1Nc1ncc3c(n1)n(C14CC5CC(CC(C(=O)O)(C5)C1)C4)c(=O)n3C)CCO2. The van der Waals surface area contributed by atoms with Crippen molar-refractivity contribution in [3.63, 3.8) is 0 Å². The van der Waals surface area contributed by atoms with Crippen molar-refractivity contribution in [3.05, 3.63) is 39.9 Å². The number of ether oxygens (including phenoxy) is 1. The molecule has 35 heavy (non-hydrogen) atoms. The highest BCUT2D eigenvalue weighted by Crippen LogP contribution is 2.64. The topological polar surface area (TPSA) is 111 Å². The lowest BCUT2D eigenvalue weighted by molar-refractivity contribution is -0.172. The van der Waals surface area contributed by atoms with E-state index >= 15 is 0 Å². The first kappa shape index (κ1) is 21.0. The van der Waals surface area contributed by atoms with E-state index in [-0.39, 0.29) is 5.69 Å². The average Bonchev–Trinajstić information content (AvgIpc) is 3.34. The summed E-state index contributed by atoms with van der Waals surface area (Å²) in [5, 5.41) is 13.5. The fourth-order valence-electron chi connectivity index (χ4n) is 7.91.